The zero-order valence-corrected chi connectivity index (χ0v) is 6.88. The third kappa shape index (κ3) is 2.15. The van der Waals surface area contributed by atoms with E-state index in [1.165, 1.54) is 0 Å². The molecule has 4 nitrogen and oxygen atoms in total. The van der Waals surface area contributed by atoms with Gasteiger partial charge in [-0.1, -0.05) is 0 Å². The van der Waals surface area contributed by atoms with Gasteiger partial charge in [-0.05, 0) is 6.42 Å². The van der Waals surface area contributed by atoms with E-state index in [9.17, 15) is 9.59 Å². The number of carboxylic acids is 1. The smallest absolute Gasteiger partial charge is 1.00 e. The standard InChI is InChI=1S/C5H7NO3.Mg.2H/c7-4-2-1-3(6-4)5(8)9;;;/h3H,1-2H2,(H,6,7)(H,8,9);;;/q;+2;2*-1. The summed E-state index contributed by atoms with van der Waals surface area (Å²) in [6.45, 7) is 0. The van der Waals surface area contributed by atoms with Gasteiger partial charge in [0.1, 0.15) is 6.04 Å². The normalized spacial score (nSPS) is 23.2. The quantitative estimate of drug-likeness (QED) is 0.487. The van der Waals surface area contributed by atoms with Gasteiger partial charge >= 0.3 is 29.0 Å². The van der Waals surface area contributed by atoms with Crippen LogP contribution >= 0.6 is 0 Å². The third-order valence-electron chi connectivity index (χ3n) is 1.29. The fourth-order valence-corrected chi connectivity index (χ4v) is 0.799. The third-order valence-corrected chi connectivity index (χ3v) is 1.29. The Morgan fingerprint density at radius 3 is 2.60 bits per heavy atom. The van der Waals surface area contributed by atoms with Gasteiger partial charge in [-0.3, -0.25) is 4.79 Å². The van der Waals surface area contributed by atoms with Crippen molar-refractivity contribution < 1.29 is 17.5 Å². The summed E-state index contributed by atoms with van der Waals surface area (Å²) in [5, 5.41) is 10.6. The van der Waals surface area contributed by atoms with Crippen LogP contribution in [0.4, 0.5) is 0 Å². The molecule has 1 amide bonds. The molecule has 1 saturated heterocycles. The molecule has 0 spiro atoms. The summed E-state index contributed by atoms with van der Waals surface area (Å²) in [6, 6.07) is -0.641. The van der Waals surface area contributed by atoms with Crippen LogP contribution < -0.4 is 5.32 Å². The van der Waals surface area contributed by atoms with Gasteiger partial charge < -0.3 is 13.3 Å². The second-order valence-corrected chi connectivity index (χ2v) is 2.00. The first-order valence-electron chi connectivity index (χ1n) is 2.72. The summed E-state index contributed by atoms with van der Waals surface area (Å²) in [7, 11) is 0. The Morgan fingerprint density at radius 1 is 1.80 bits per heavy atom. The van der Waals surface area contributed by atoms with Gasteiger partial charge in [-0.2, -0.15) is 0 Å². The molecule has 0 bridgehead atoms. The van der Waals surface area contributed by atoms with E-state index >= 15 is 0 Å². The number of aliphatic carboxylic acids is 1. The average molecular weight is 155 g/mol. The molecule has 1 heterocycles. The van der Waals surface area contributed by atoms with E-state index in [1.807, 2.05) is 0 Å². The number of carbonyl (C=O) groups is 2. The molecule has 0 radical (unpaired) electrons. The van der Waals surface area contributed by atoms with Crippen molar-refractivity contribution >= 4 is 34.9 Å². The van der Waals surface area contributed by atoms with Gasteiger partial charge in [-0.25, -0.2) is 4.79 Å². The van der Waals surface area contributed by atoms with Crippen molar-refractivity contribution in [1.29, 1.82) is 0 Å². The van der Waals surface area contributed by atoms with E-state index < -0.39 is 12.0 Å². The molecular formula is C5H9MgNO3. The molecule has 0 saturated carbocycles. The molecule has 1 atom stereocenters. The van der Waals surface area contributed by atoms with E-state index in [1.54, 1.807) is 0 Å². The molecule has 10 heavy (non-hydrogen) atoms. The van der Waals surface area contributed by atoms with Crippen LogP contribution in [0.25, 0.3) is 0 Å². The predicted octanol–water partition coefficient (Wildman–Crippen LogP) is -0.806. The molecule has 0 aliphatic carbocycles. The number of carboxylic acid groups (broad SMARTS) is 1. The van der Waals surface area contributed by atoms with Gasteiger partial charge in [-0.15, -0.1) is 0 Å². The predicted molar refractivity (Wildman–Crippen MR) is 36.8 cm³/mol. The molecule has 1 rings (SSSR count). The Kier molecular flexibility index (Phi) is 3.66. The molecule has 1 fully saturated rings. The molecular weight excluding hydrogens is 146 g/mol. The Hall–Kier alpha value is -0.294. The van der Waals surface area contributed by atoms with Crippen LogP contribution in [0.15, 0.2) is 0 Å². The molecule has 1 aliphatic rings. The Bertz CT molecular complexity index is 167. The summed E-state index contributed by atoms with van der Waals surface area (Å²) in [6.07, 6.45) is 0.769. The number of carbonyl (C=O) groups excluding carboxylic acids is 1. The van der Waals surface area contributed by atoms with Crippen LogP contribution in [0.5, 0.6) is 0 Å². The van der Waals surface area contributed by atoms with Crippen LogP contribution in [0.1, 0.15) is 15.7 Å². The summed E-state index contributed by atoms with van der Waals surface area (Å²) in [5.41, 5.74) is 0. The molecule has 1 aliphatic heterocycles. The first kappa shape index (κ1) is 9.71. The van der Waals surface area contributed by atoms with Gasteiger partial charge in [0.05, 0.1) is 0 Å². The first-order valence-corrected chi connectivity index (χ1v) is 2.72. The maximum Gasteiger partial charge on any atom is 2.00 e. The van der Waals surface area contributed by atoms with Gasteiger partial charge in [0, 0.05) is 6.42 Å². The minimum atomic E-state index is -0.944. The molecule has 54 valence electrons. The number of hydrogen-bond acceptors (Lipinski definition) is 2. The topological polar surface area (TPSA) is 66.4 Å². The fraction of sp³-hybridized carbons (Fsp3) is 0.600. The Balaban J connectivity index is -0.000000270. The molecule has 1 unspecified atom stereocenters. The van der Waals surface area contributed by atoms with Crippen LogP contribution in [0.3, 0.4) is 0 Å². The summed E-state index contributed by atoms with van der Waals surface area (Å²) < 4.78 is 0. The Morgan fingerprint density at radius 2 is 2.40 bits per heavy atom. The van der Waals surface area contributed by atoms with Crippen LogP contribution in [-0.4, -0.2) is 46.1 Å². The number of amides is 1. The minimum absolute atomic E-state index is 0. The molecule has 0 aromatic heterocycles. The zero-order valence-electron chi connectivity index (χ0n) is 7.46. The molecule has 5 heteroatoms. The van der Waals surface area contributed by atoms with Crippen molar-refractivity contribution in [3.63, 3.8) is 0 Å². The largest absolute Gasteiger partial charge is 2.00 e. The molecule has 2 N–H and O–H groups in total. The second kappa shape index (κ2) is 3.77. The average Bonchev–Trinajstić information content (AvgIpc) is 2.14. The summed E-state index contributed by atoms with van der Waals surface area (Å²) in [4.78, 5) is 20.5. The number of rotatable bonds is 1. The van der Waals surface area contributed by atoms with Gasteiger partial charge in [0.2, 0.25) is 5.91 Å². The van der Waals surface area contributed by atoms with Gasteiger partial charge in [0.25, 0.3) is 0 Å². The molecule has 0 aromatic rings. The van der Waals surface area contributed by atoms with Crippen LogP contribution in [-0.2, 0) is 9.59 Å². The van der Waals surface area contributed by atoms with Crippen molar-refractivity contribution in [2.24, 2.45) is 0 Å². The van der Waals surface area contributed by atoms with E-state index in [0.717, 1.165) is 0 Å². The summed E-state index contributed by atoms with van der Waals surface area (Å²) >= 11 is 0. The first-order chi connectivity index (χ1) is 4.20. The fourth-order valence-electron chi connectivity index (χ4n) is 0.799. The summed E-state index contributed by atoms with van der Waals surface area (Å²) in [5.74, 6) is -1.11. The van der Waals surface area contributed by atoms with E-state index in [4.69, 9.17) is 5.11 Å². The van der Waals surface area contributed by atoms with E-state index in [0.29, 0.717) is 12.8 Å². The maximum atomic E-state index is 10.4. The second-order valence-electron chi connectivity index (χ2n) is 2.00. The van der Waals surface area contributed by atoms with E-state index in [-0.39, 0.29) is 31.8 Å². The zero-order chi connectivity index (χ0) is 6.85. The van der Waals surface area contributed by atoms with Crippen LogP contribution in [0, 0.1) is 0 Å². The van der Waals surface area contributed by atoms with Crippen molar-refractivity contribution in [3.8, 4) is 0 Å². The monoisotopic (exact) mass is 155 g/mol. The van der Waals surface area contributed by atoms with Crippen LogP contribution in [0.2, 0.25) is 0 Å². The van der Waals surface area contributed by atoms with Crippen molar-refractivity contribution in [2.75, 3.05) is 0 Å². The van der Waals surface area contributed by atoms with E-state index in [2.05, 4.69) is 5.32 Å². The van der Waals surface area contributed by atoms with Crippen molar-refractivity contribution in [2.45, 2.75) is 18.9 Å². The van der Waals surface area contributed by atoms with Crippen molar-refractivity contribution in [3.05, 3.63) is 0 Å². The number of nitrogens with one attached hydrogen (secondary N) is 1. The maximum absolute atomic E-state index is 10.4. The minimum Gasteiger partial charge on any atom is -1.00 e. The molecule has 0 aromatic carbocycles. The Labute approximate surface area is 77.1 Å². The van der Waals surface area contributed by atoms with Crippen molar-refractivity contribution in [1.82, 2.24) is 5.32 Å². The van der Waals surface area contributed by atoms with Gasteiger partial charge in [0.15, 0.2) is 0 Å². The SMILES string of the molecule is O=C1CCC(C(=O)O)N1.[H-].[H-].[Mg+2]. The number of hydrogen-bond donors (Lipinski definition) is 2.